The zero-order valence-electron chi connectivity index (χ0n) is 17.9. The first-order valence-electron chi connectivity index (χ1n) is 10.3. The van der Waals surface area contributed by atoms with Crippen LogP contribution in [0.5, 0.6) is 0 Å². The molecule has 2 amide bonds. The molecule has 8 heteroatoms. The zero-order chi connectivity index (χ0) is 22.7. The molecule has 31 heavy (non-hydrogen) atoms. The van der Waals surface area contributed by atoms with Crippen LogP contribution in [0, 0.1) is 17.2 Å². The van der Waals surface area contributed by atoms with Gasteiger partial charge in [0.25, 0.3) is 0 Å². The number of benzene rings is 1. The second kappa shape index (κ2) is 9.14. The van der Waals surface area contributed by atoms with Gasteiger partial charge in [0.05, 0.1) is 17.7 Å². The number of carbonyl (C=O) groups is 2. The predicted molar refractivity (Wildman–Crippen MR) is 117 cm³/mol. The fraction of sp³-hybridized carbons (Fsp3) is 0.391. The van der Waals surface area contributed by atoms with E-state index in [0.29, 0.717) is 35.5 Å². The molecule has 1 aliphatic rings. The third kappa shape index (κ3) is 4.67. The number of carbonyl (C=O) groups excluding carboxylic acids is 2. The predicted octanol–water partition coefficient (Wildman–Crippen LogP) is 2.74. The molecule has 4 N–H and O–H groups in total. The van der Waals surface area contributed by atoms with Crippen LogP contribution >= 0.6 is 0 Å². The molecule has 0 unspecified atom stereocenters. The van der Waals surface area contributed by atoms with Gasteiger partial charge in [0.15, 0.2) is 0 Å². The Morgan fingerprint density at radius 1 is 1.35 bits per heavy atom. The maximum atomic E-state index is 12.5. The van der Waals surface area contributed by atoms with Gasteiger partial charge in [0, 0.05) is 36.3 Å². The fourth-order valence-corrected chi connectivity index (χ4v) is 4.28. The average molecular weight is 422 g/mol. The normalized spacial score (nSPS) is 21.0. The Bertz CT molecular complexity index is 1010. The minimum atomic E-state index is -0.549. The number of nitriles is 1. The van der Waals surface area contributed by atoms with Crippen molar-refractivity contribution in [1.29, 1.82) is 5.26 Å². The summed E-state index contributed by atoms with van der Waals surface area (Å²) in [5.74, 6) is -0.138. The van der Waals surface area contributed by atoms with Crippen LogP contribution in [0.3, 0.4) is 0 Å². The molecule has 1 aromatic heterocycles. The Balaban J connectivity index is 2.11. The number of hydrogen-bond acceptors (Lipinski definition) is 6. The van der Waals surface area contributed by atoms with E-state index in [1.54, 1.807) is 42.2 Å². The van der Waals surface area contributed by atoms with E-state index in [1.165, 1.54) is 13.1 Å². The largest absolute Gasteiger partial charge is 0.393 e. The summed E-state index contributed by atoms with van der Waals surface area (Å²) in [6.45, 7) is 5.24. The van der Waals surface area contributed by atoms with E-state index >= 15 is 0 Å². The number of primary amides is 1. The van der Waals surface area contributed by atoms with Gasteiger partial charge in [-0.25, -0.2) is 4.98 Å². The van der Waals surface area contributed by atoms with E-state index in [0.717, 1.165) is 5.56 Å². The average Bonchev–Trinajstić information content (AvgIpc) is 2.73. The number of aromatic nitrogens is 1. The molecular weight excluding hydrogens is 394 g/mol. The highest BCUT2D eigenvalue weighted by atomic mass is 16.3. The Morgan fingerprint density at radius 3 is 2.65 bits per heavy atom. The number of anilines is 2. The first kappa shape index (κ1) is 22.2. The number of hydrogen-bond donors (Lipinski definition) is 3. The maximum Gasteiger partial charge on any atom is 0.248 e. The van der Waals surface area contributed by atoms with E-state index in [4.69, 9.17) is 11.0 Å². The Hall–Kier alpha value is -3.44. The minimum Gasteiger partial charge on any atom is -0.393 e. The smallest absolute Gasteiger partial charge is 0.248 e. The lowest BCUT2D eigenvalue weighted by atomic mass is 9.78. The topological polar surface area (TPSA) is 132 Å². The molecular formula is C23H27N5O3. The van der Waals surface area contributed by atoms with Crippen LogP contribution in [0.15, 0.2) is 36.5 Å². The van der Waals surface area contributed by atoms with Crippen molar-refractivity contribution in [2.24, 2.45) is 11.7 Å². The van der Waals surface area contributed by atoms with Crippen molar-refractivity contribution >= 4 is 23.3 Å². The van der Waals surface area contributed by atoms with E-state index in [2.05, 4.69) is 10.3 Å². The minimum absolute atomic E-state index is 0.0634. The van der Waals surface area contributed by atoms with Gasteiger partial charge in [-0.2, -0.15) is 5.26 Å². The first-order valence-corrected chi connectivity index (χ1v) is 10.3. The number of nitrogens with one attached hydrogen (secondary N) is 1. The van der Waals surface area contributed by atoms with E-state index < -0.39 is 12.0 Å². The number of amides is 2. The van der Waals surface area contributed by atoms with Crippen molar-refractivity contribution in [3.8, 4) is 6.07 Å². The molecule has 0 bridgehead atoms. The lowest BCUT2D eigenvalue weighted by Gasteiger charge is -2.45. The second-order valence-electron chi connectivity index (χ2n) is 8.02. The highest BCUT2D eigenvalue weighted by Crippen LogP contribution is 2.44. The number of aliphatic hydroxyl groups is 1. The van der Waals surface area contributed by atoms with Crippen molar-refractivity contribution in [2.45, 2.75) is 51.8 Å². The third-order valence-electron chi connectivity index (χ3n) is 5.81. The molecule has 0 aliphatic carbocycles. The molecule has 1 aliphatic heterocycles. The number of rotatable bonds is 6. The van der Waals surface area contributed by atoms with Crippen LogP contribution in [0.25, 0.3) is 0 Å². The van der Waals surface area contributed by atoms with Crippen LogP contribution in [0.1, 0.15) is 61.1 Å². The van der Waals surface area contributed by atoms with Crippen LogP contribution in [-0.4, -0.2) is 34.1 Å². The molecule has 3 rings (SSSR count). The molecule has 2 heterocycles. The molecule has 4 atom stereocenters. The summed E-state index contributed by atoms with van der Waals surface area (Å²) < 4.78 is 0. The van der Waals surface area contributed by atoms with Crippen molar-refractivity contribution in [3.05, 3.63) is 53.2 Å². The summed E-state index contributed by atoms with van der Waals surface area (Å²) in [4.78, 5) is 30.4. The molecule has 1 aromatic carbocycles. The lowest BCUT2D eigenvalue weighted by Crippen LogP contribution is -2.49. The molecule has 2 aromatic rings. The number of nitrogens with zero attached hydrogens (tertiary/aromatic N) is 3. The number of pyridine rings is 1. The van der Waals surface area contributed by atoms with Gasteiger partial charge < -0.3 is 21.1 Å². The Kier molecular flexibility index (Phi) is 6.56. The summed E-state index contributed by atoms with van der Waals surface area (Å²) >= 11 is 0. The zero-order valence-corrected chi connectivity index (χ0v) is 17.9. The van der Waals surface area contributed by atoms with Crippen LogP contribution < -0.4 is 16.0 Å². The quantitative estimate of drug-likeness (QED) is 0.657. The summed E-state index contributed by atoms with van der Waals surface area (Å²) in [5.41, 5.74) is 7.80. The molecule has 162 valence electrons. The molecule has 0 spiro atoms. The molecule has 0 radical (unpaired) electrons. The number of nitrogens with two attached hydrogens (primary N) is 1. The maximum absolute atomic E-state index is 12.5. The van der Waals surface area contributed by atoms with Crippen molar-refractivity contribution in [2.75, 3.05) is 10.2 Å². The van der Waals surface area contributed by atoms with Gasteiger partial charge in [-0.1, -0.05) is 0 Å². The monoisotopic (exact) mass is 421 g/mol. The highest BCUT2D eigenvalue weighted by Gasteiger charge is 2.40. The van der Waals surface area contributed by atoms with Gasteiger partial charge in [-0.3, -0.25) is 9.59 Å². The van der Waals surface area contributed by atoms with Gasteiger partial charge in [0.1, 0.15) is 11.9 Å². The number of aliphatic hydroxyl groups excluding tert-OH is 1. The molecule has 8 nitrogen and oxygen atoms in total. The van der Waals surface area contributed by atoms with Crippen molar-refractivity contribution in [3.63, 3.8) is 0 Å². The summed E-state index contributed by atoms with van der Waals surface area (Å²) in [5, 5.41) is 22.3. The highest BCUT2D eigenvalue weighted by molar-refractivity contribution is 5.97. The third-order valence-corrected chi connectivity index (χ3v) is 5.81. The van der Waals surface area contributed by atoms with Gasteiger partial charge >= 0.3 is 0 Å². The Morgan fingerprint density at radius 2 is 2.10 bits per heavy atom. The first-order chi connectivity index (χ1) is 14.7. The lowest BCUT2D eigenvalue weighted by molar-refractivity contribution is -0.117. The Labute approximate surface area is 181 Å². The number of fused-ring (bicyclic) bond motifs is 1. The van der Waals surface area contributed by atoms with E-state index in [9.17, 15) is 14.7 Å². The summed E-state index contributed by atoms with van der Waals surface area (Å²) in [6.07, 6.45) is 2.22. The standard InChI is InChI=1S/C23H27N5O3/c1-13(29)4-7-18-14(2)28(15(3)30)20-8-6-17(23(25)31)10-19(20)22(18)27-21-9-5-16(11-24)12-26-21/h5-6,8-10,12-14,18,22,29H,4,7H2,1-3H3,(H2,25,31)(H,26,27)/t13-,14+,18+,22-/m1/s1. The summed E-state index contributed by atoms with van der Waals surface area (Å²) in [7, 11) is 0. The summed E-state index contributed by atoms with van der Waals surface area (Å²) in [6, 6.07) is 10.1. The van der Waals surface area contributed by atoms with Gasteiger partial charge in [0.2, 0.25) is 11.8 Å². The van der Waals surface area contributed by atoms with E-state index in [1.807, 2.05) is 13.0 Å². The van der Waals surface area contributed by atoms with Gasteiger partial charge in [-0.15, -0.1) is 0 Å². The van der Waals surface area contributed by atoms with Gasteiger partial charge in [-0.05, 0) is 62.6 Å². The van der Waals surface area contributed by atoms with Crippen molar-refractivity contribution in [1.82, 2.24) is 4.98 Å². The van der Waals surface area contributed by atoms with E-state index in [-0.39, 0.29) is 23.9 Å². The molecule has 0 saturated heterocycles. The molecule has 0 fully saturated rings. The second-order valence-corrected chi connectivity index (χ2v) is 8.02. The van der Waals surface area contributed by atoms with Crippen LogP contribution in [-0.2, 0) is 4.79 Å². The molecule has 0 saturated carbocycles. The van der Waals surface area contributed by atoms with Crippen LogP contribution in [0.4, 0.5) is 11.5 Å². The SMILES string of the molecule is CC(=O)N1c2ccc(C(N)=O)cc2[C@H](Nc2ccc(C#N)cn2)[C@@H](CC[C@@H](C)O)[C@@H]1C. The fourth-order valence-electron chi connectivity index (χ4n) is 4.28. The van der Waals surface area contributed by atoms with Crippen LogP contribution in [0.2, 0.25) is 0 Å². The van der Waals surface area contributed by atoms with Crippen molar-refractivity contribution < 1.29 is 14.7 Å².